The van der Waals surface area contributed by atoms with Gasteiger partial charge in [-0.15, -0.1) is 9.24 Å². The Kier molecular flexibility index (Phi) is 8.24. The summed E-state index contributed by atoms with van der Waals surface area (Å²) in [5, 5.41) is 0. The molecule has 3 aliphatic rings. The first-order valence-electron chi connectivity index (χ1n) is 10.5. The third-order valence-corrected chi connectivity index (χ3v) is 7.74. The molecular formula is C21H41P. The molecule has 22 heavy (non-hydrogen) atoms. The van der Waals surface area contributed by atoms with Crippen LogP contribution in [-0.4, -0.2) is 5.66 Å². The van der Waals surface area contributed by atoms with Crippen molar-refractivity contribution in [3.8, 4) is 0 Å². The molecule has 0 N–H and O–H groups in total. The molecule has 0 aromatic heterocycles. The Morgan fingerprint density at radius 2 is 1.23 bits per heavy atom. The fraction of sp³-hybridized carbons (Fsp3) is 1.00. The van der Waals surface area contributed by atoms with Crippen LogP contribution in [0.15, 0.2) is 0 Å². The average Bonchev–Trinajstić information content (AvgIpc) is 2.58. The highest BCUT2D eigenvalue weighted by atomic mass is 31.0. The molecule has 0 heterocycles. The van der Waals surface area contributed by atoms with Crippen LogP contribution in [0.3, 0.4) is 0 Å². The summed E-state index contributed by atoms with van der Waals surface area (Å²) in [6.07, 6.45) is 18.4. The van der Waals surface area contributed by atoms with Gasteiger partial charge in [0.25, 0.3) is 0 Å². The van der Waals surface area contributed by atoms with Gasteiger partial charge < -0.3 is 0 Å². The average molecular weight is 325 g/mol. The van der Waals surface area contributed by atoms with E-state index in [-0.39, 0.29) is 0 Å². The van der Waals surface area contributed by atoms with E-state index in [1.807, 2.05) is 13.8 Å². The van der Waals surface area contributed by atoms with Gasteiger partial charge in [-0.1, -0.05) is 65.7 Å². The highest BCUT2D eigenvalue weighted by Gasteiger charge is 2.37. The summed E-state index contributed by atoms with van der Waals surface area (Å²) in [5.74, 6) is 5.30. The summed E-state index contributed by atoms with van der Waals surface area (Å²) in [6, 6.07) is 0. The Morgan fingerprint density at radius 1 is 0.636 bits per heavy atom. The zero-order chi connectivity index (χ0) is 15.9. The standard InChI is InChI=1S/C19H35P.C2H6/c1-14-7-9-16(10-8-14)18-12-11-17(13-19(18)20)15-5-3-2-4-6-15;1-2/h14-19H,2-13,20H2,1H3;1-2H3. The molecule has 1 heteroatoms. The molecule has 3 saturated carbocycles. The topological polar surface area (TPSA) is 0 Å². The van der Waals surface area contributed by atoms with E-state index in [1.54, 1.807) is 25.7 Å². The minimum absolute atomic E-state index is 0.939. The van der Waals surface area contributed by atoms with Crippen molar-refractivity contribution in [3.05, 3.63) is 0 Å². The fourth-order valence-electron chi connectivity index (χ4n) is 5.60. The molecule has 0 nitrogen and oxygen atoms in total. The van der Waals surface area contributed by atoms with E-state index in [1.165, 1.54) is 51.4 Å². The van der Waals surface area contributed by atoms with E-state index >= 15 is 0 Å². The van der Waals surface area contributed by atoms with Crippen molar-refractivity contribution in [2.75, 3.05) is 0 Å². The third-order valence-electron chi connectivity index (χ3n) is 6.98. The van der Waals surface area contributed by atoms with Crippen LogP contribution in [0.25, 0.3) is 0 Å². The molecule has 0 aromatic carbocycles. The number of hydrogen-bond acceptors (Lipinski definition) is 0. The Balaban J connectivity index is 0.000000847. The number of rotatable bonds is 2. The minimum atomic E-state index is 0.939. The third kappa shape index (κ3) is 4.96. The molecule has 4 atom stereocenters. The molecule has 0 aliphatic heterocycles. The highest BCUT2D eigenvalue weighted by molar-refractivity contribution is 7.17. The van der Waals surface area contributed by atoms with Gasteiger partial charge in [-0.3, -0.25) is 0 Å². The molecule has 3 aliphatic carbocycles. The van der Waals surface area contributed by atoms with Crippen LogP contribution in [0, 0.1) is 29.6 Å². The Hall–Kier alpha value is 0.430. The Morgan fingerprint density at radius 3 is 1.82 bits per heavy atom. The van der Waals surface area contributed by atoms with Crippen LogP contribution in [0.5, 0.6) is 0 Å². The maximum absolute atomic E-state index is 3.27. The van der Waals surface area contributed by atoms with Gasteiger partial charge in [-0.25, -0.2) is 0 Å². The second kappa shape index (κ2) is 9.66. The largest absolute Gasteiger partial charge is 0.134 e. The van der Waals surface area contributed by atoms with Gasteiger partial charge in [0.05, 0.1) is 0 Å². The molecule has 0 spiro atoms. The Labute approximate surface area is 142 Å². The van der Waals surface area contributed by atoms with Gasteiger partial charge in [0.2, 0.25) is 0 Å². The summed E-state index contributed by atoms with van der Waals surface area (Å²) < 4.78 is 0. The summed E-state index contributed by atoms with van der Waals surface area (Å²) in [4.78, 5) is 0. The zero-order valence-corrected chi connectivity index (χ0v) is 16.7. The second-order valence-electron chi connectivity index (χ2n) is 8.32. The maximum atomic E-state index is 3.27. The molecule has 0 saturated heterocycles. The first-order valence-corrected chi connectivity index (χ1v) is 11.2. The van der Waals surface area contributed by atoms with Crippen molar-refractivity contribution in [1.29, 1.82) is 0 Å². The highest BCUT2D eigenvalue weighted by Crippen LogP contribution is 2.47. The molecule has 0 radical (unpaired) electrons. The van der Waals surface area contributed by atoms with Crippen LogP contribution in [0.2, 0.25) is 0 Å². The first-order chi connectivity index (χ1) is 10.7. The van der Waals surface area contributed by atoms with Gasteiger partial charge in [0.15, 0.2) is 0 Å². The van der Waals surface area contributed by atoms with E-state index in [0.717, 1.165) is 35.2 Å². The van der Waals surface area contributed by atoms with E-state index in [9.17, 15) is 0 Å². The lowest BCUT2D eigenvalue weighted by Gasteiger charge is -2.43. The molecule has 130 valence electrons. The van der Waals surface area contributed by atoms with Crippen LogP contribution in [-0.2, 0) is 0 Å². The van der Waals surface area contributed by atoms with Crippen molar-refractivity contribution in [2.24, 2.45) is 29.6 Å². The summed E-state index contributed by atoms with van der Waals surface area (Å²) in [6.45, 7) is 6.45. The maximum Gasteiger partial charge on any atom is -0.0230 e. The van der Waals surface area contributed by atoms with E-state index in [2.05, 4.69) is 16.2 Å². The molecule has 3 fully saturated rings. The second-order valence-corrected chi connectivity index (χ2v) is 9.18. The number of hydrogen-bond donors (Lipinski definition) is 0. The lowest BCUT2D eigenvalue weighted by Crippen LogP contribution is -2.35. The van der Waals surface area contributed by atoms with E-state index in [4.69, 9.17) is 0 Å². The zero-order valence-electron chi connectivity index (χ0n) is 15.5. The lowest BCUT2D eigenvalue weighted by atomic mass is 9.65. The van der Waals surface area contributed by atoms with Gasteiger partial charge in [0.1, 0.15) is 0 Å². The van der Waals surface area contributed by atoms with Crippen molar-refractivity contribution in [3.63, 3.8) is 0 Å². The normalized spacial score (nSPS) is 40.6. The Bertz CT molecular complexity index is 286. The monoisotopic (exact) mass is 324 g/mol. The van der Waals surface area contributed by atoms with Crippen molar-refractivity contribution in [2.45, 2.75) is 103 Å². The molecule has 4 unspecified atom stereocenters. The van der Waals surface area contributed by atoms with Gasteiger partial charge >= 0.3 is 0 Å². The predicted octanol–water partition coefficient (Wildman–Crippen LogP) is 7.08. The lowest BCUT2D eigenvalue weighted by molar-refractivity contribution is 0.120. The smallest absolute Gasteiger partial charge is 0.0230 e. The van der Waals surface area contributed by atoms with Crippen molar-refractivity contribution in [1.82, 2.24) is 0 Å². The molecule has 0 amide bonds. The van der Waals surface area contributed by atoms with Gasteiger partial charge in [-0.05, 0) is 67.4 Å². The molecule has 0 aromatic rings. The molecule has 0 bridgehead atoms. The summed E-state index contributed by atoms with van der Waals surface area (Å²) >= 11 is 0. The van der Waals surface area contributed by atoms with Crippen LogP contribution >= 0.6 is 9.24 Å². The van der Waals surface area contributed by atoms with Crippen molar-refractivity contribution < 1.29 is 0 Å². The van der Waals surface area contributed by atoms with E-state index < -0.39 is 0 Å². The predicted molar refractivity (Wildman–Crippen MR) is 103 cm³/mol. The summed E-state index contributed by atoms with van der Waals surface area (Å²) in [7, 11) is 3.27. The fourth-order valence-corrected chi connectivity index (χ4v) is 6.45. The van der Waals surface area contributed by atoms with Crippen LogP contribution in [0.4, 0.5) is 0 Å². The summed E-state index contributed by atoms with van der Waals surface area (Å²) in [5.41, 5.74) is 0.939. The SMILES string of the molecule is CC.CC1CCC(C2CCC(C3CCCCC3)CC2P)CC1. The van der Waals surface area contributed by atoms with Gasteiger partial charge in [-0.2, -0.15) is 0 Å². The van der Waals surface area contributed by atoms with E-state index in [0.29, 0.717) is 0 Å². The van der Waals surface area contributed by atoms with Crippen LogP contribution < -0.4 is 0 Å². The minimum Gasteiger partial charge on any atom is -0.134 e. The van der Waals surface area contributed by atoms with Gasteiger partial charge in [0, 0.05) is 0 Å². The van der Waals surface area contributed by atoms with Crippen molar-refractivity contribution >= 4 is 9.24 Å². The first kappa shape index (κ1) is 18.8. The molecular weight excluding hydrogens is 283 g/mol. The molecule has 3 rings (SSSR count). The quantitative estimate of drug-likeness (QED) is 0.476. The van der Waals surface area contributed by atoms with Crippen LogP contribution in [0.1, 0.15) is 97.8 Å².